The molecule has 1 amide bonds. The lowest BCUT2D eigenvalue weighted by atomic mass is 9.73. The predicted octanol–water partition coefficient (Wildman–Crippen LogP) is 1.49. The third kappa shape index (κ3) is 5.00. The number of anilines is 1. The topological polar surface area (TPSA) is 125 Å². The molecule has 31 heavy (non-hydrogen) atoms. The van der Waals surface area contributed by atoms with E-state index in [0.29, 0.717) is 31.6 Å². The summed E-state index contributed by atoms with van der Waals surface area (Å²) in [6, 6.07) is 9.21. The van der Waals surface area contributed by atoms with E-state index in [0.717, 1.165) is 18.8 Å². The molecule has 2 aliphatic rings. The molecule has 2 atom stereocenters. The monoisotopic (exact) mass is 428 g/mol. The summed E-state index contributed by atoms with van der Waals surface area (Å²) in [6.45, 7) is 3.72. The van der Waals surface area contributed by atoms with Crippen molar-refractivity contribution in [3.63, 3.8) is 0 Å². The van der Waals surface area contributed by atoms with Gasteiger partial charge in [0.2, 0.25) is 0 Å². The zero-order valence-electron chi connectivity index (χ0n) is 17.5. The lowest BCUT2D eigenvalue weighted by molar-refractivity contribution is -0.195. The highest BCUT2D eigenvalue weighted by Crippen LogP contribution is 2.40. The largest absolute Gasteiger partial charge is 0.483 e. The number of nitrogens with zero attached hydrogens (tertiary/aromatic N) is 3. The van der Waals surface area contributed by atoms with Crippen molar-refractivity contribution in [1.82, 2.24) is 15.3 Å². The Hall–Kier alpha value is -3.04. The first kappa shape index (κ1) is 22.6. The van der Waals surface area contributed by atoms with Crippen LogP contribution in [-0.4, -0.2) is 69.5 Å². The fourth-order valence-corrected chi connectivity index (χ4v) is 4.33. The van der Waals surface area contributed by atoms with Crippen LogP contribution >= 0.6 is 0 Å². The molecule has 2 aliphatic heterocycles. The minimum absolute atomic E-state index is 0.250. The minimum atomic E-state index is -0.791. The van der Waals surface area contributed by atoms with Gasteiger partial charge in [0.05, 0.1) is 11.1 Å². The van der Waals surface area contributed by atoms with Crippen LogP contribution in [0.5, 0.6) is 0 Å². The number of hydrogen-bond acceptors (Lipinski definition) is 7. The maximum atomic E-state index is 12.6. The van der Waals surface area contributed by atoms with Crippen LogP contribution in [0.25, 0.3) is 0 Å². The molecule has 2 aromatic rings. The summed E-state index contributed by atoms with van der Waals surface area (Å²) < 4.78 is 6.13. The molecule has 1 spiro atoms. The van der Waals surface area contributed by atoms with Gasteiger partial charge in [0.15, 0.2) is 0 Å². The summed E-state index contributed by atoms with van der Waals surface area (Å²) in [7, 11) is 0. The van der Waals surface area contributed by atoms with Gasteiger partial charge < -0.3 is 25.2 Å². The number of piperidine rings is 1. The standard InChI is InChI=1S/C21H26N4O3.CH2O2/c1-20(24-18(26)17-4-2-3-10-23-17)9-15-28-21(19(20)27)7-13-25(14-8-21)16-5-11-22-12-6-16;2-1-3/h2-6,10-12,19,27H,7-9,13-15H2,1H3,(H,24,26);1H,(H,2,3)/t19-,20+;/m1./s1. The molecule has 4 rings (SSSR count). The van der Waals surface area contributed by atoms with Crippen molar-refractivity contribution in [3.05, 3.63) is 54.6 Å². The van der Waals surface area contributed by atoms with Gasteiger partial charge in [0.1, 0.15) is 11.8 Å². The molecule has 0 aliphatic carbocycles. The second-order valence-corrected chi connectivity index (χ2v) is 7.95. The van der Waals surface area contributed by atoms with Crippen LogP contribution in [0.4, 0.5) is 5.69 Å². The van der Waals surface area contributed by atoms with Crippen LogP contribution < -0.4 is 10.2 Å². The Kier molecular flexibility index (Phi) is 7.19. The summed E-state index contributed by atoms with van der Waals surface area (Å²) in [5.74, 6) is -0.270. The second kappa shape index (κ2) is 9.84. The molecule has 0 aromatic carbocycles. The number of amides is 1. The molecule has 0 unspecified atom stereocenters. The molecule has 3 N–H and O–H groups in total. The Bertz CT molecular complexity index is 859. The van der Waals surface area contributed by atoms with E-state index >= 15 is 0 Å². The zero-order chi connectivity index (χ0) is 22.3. The highest BCUT2D eigenvalue weighted by molar-refractivity contribution is 5.92. The van der Waals surface area contributed by atoms with Crippen molar-refractivity contribution in [2.45, 2.75) is 43.4 Å². The van der Waals surface area contributed by atoms with Gasteiger partial charge in [-0.15, -0.1) is 0 Å². The van der Waals surface area contributed by atoms with Gasteiger partial charge in [-0.05, 0) is 50.5 Å². The number of ether oxygens (including phenoxy) is 1. The van der Waals surface area contributed by atoms with Crippen molar-refractivity contribution in [1.29, 1.82) is 0 Å². The van der Waals surface area contributed by atoms with E-state index in [1.165, 1.54) is 0 Å². The Morgan fingerprint density at radius 2 is 1.87 bits per heavy atom. The molecule has 2 fully saturated rings. The third-order valence-electron chi connectivity index (χ3n) is 6.05. The highest BCUT2D eigenvalue weighted by Gasteiger charge is 2.53. The summed E-state index contributed by atoms with van der Waals surface area (Å²) in [5, 5.41) is 21.2. The Morgan fingerprint density at radius 3 is 2.48 bits per heavy atom. The van der Waals surface area contributed by atoms with Crippen LogP contribution in [0.1, 0.15) is 36.7 Å². The van der Waals surface area contributed by atoms with Gasteiger partial charge >= 0.3 is 0 Å². The maximum Gasteiger partial charge on any atom is 0.290 e. The molecule has 0 bridgehead atoms. The summed E-state index contributed by atoms with van der Waals surface area (Å²) in [6.07, 6.45) is 6.33. The van der Waals surface area contributed by atoms with E-state index in [-0.39, 0.29) is 12.4 Å². The Morgan fingerprint density at radius 1 is 1.19 bits per heavy atom. The van der Waals surface area contributed by atoms with Crippen molar-refractivity contribution < 1.29 is 24.5 Å². The number of carboxylic acid groups (broad SMARTS) is 1. The van der Waals surface area contributed by atoms with Gasteiger partial charge in [-0.2, -0.15) is 0 Å². The SMILES string of the molecule is C[C@]1(NC(=O)c2ccccn2)CCOC2(CCN(c3ccncc3)CC2)[C@@H]1O.O=CO. The van der Waals surface area contributed by atoms with Crippen LogP contribution in [0.15, 0.2) is 48.9 Å². The minimum Gasteiger partial charge on any atom is -0.483 e. The molecule has 2 saturated heterocycles. The Labute approximate surface area is 181 Å². The van der Waals surface area contributed by atoms with Crippen LogP contribution in [-0.2, 0) is 9.53 Å². The number of aromatic nitrogens is 2. The van der Waals surface area contributed by atoms with E-state index in [1.54, 1.807) is 36.8 Å². The summed E-state index contributed by atoms with van der Waals surface area (Å²) in [5.41, 5.74) is 0.0740. The van der Waals surface area contributed by atoms with Crippen LogP contribution in [0.3, 0.4) is 0 Å². The predicted molar refractivity (Wildman–Crippen MR) is 114 cm³/mol. The molecule has 4 heterocycles. The number of carbonyl (C=O) groups is 2. The highest BCUT2D eigenvalue weighted by atomic mass is 16.5. The molecule has 2 aromatic heterocycles. The first-order chi connectivity index (χ1) is 14.9. The van der Waals surface area contributed by atoms with Gasteiger partial charge in [-0.1, -0.05) is 6.07 Å². The average molecular weight is 428 g/mol. The maximum absolute atomic E-state index is 12.6. The quantitative estimate of drug-likeness (QED) is 0.628. The number of pyridine rings is 2. The van der Waals surface area contributed by atoms with E-state index in [4.69, 9.17) is 14.6 Å². The zero-order valence-corrected chi connectivity index (χ0v) is 17.5. The normalized spacial score (nSPS) is 24.6. The number of hydrogen-bond donors (Lipinski definition) is 3. The summed E-state index contributed by atoms with van der Waals surface area (Å²) >= 11 is 0. The summed E-state index contributed by atoms with van der Waals surface area (Å²) in [4.78, 5) is 31.5. The van der Waals surface area contributed by atoms with E-state index in [2.05, 4.69) is 20.2 Å². The first-order valence-electron chi connectivity index (χ1n) is 10.2. The van der Waals surface area contributed by atoms with Crippen LogP contribution in [0, 0.1) is 0 Å². The first-order valence-corrected chi connectivity index (χ1v) is 10.2. The van der Waals surface area contributed by atoms with Gasteiger partial charge in [0, 0.05) is 44.0 Å². The number of carbonyl (C=O) groups excluding carboxylic acids is 1. The van der Waals surface area contributed by atoms with E-state index in [9.17, 15) is 9.90 Å². The van der Waals surface area contributed by atoms with Gasteiger partial charge in [-0.3, -0.25) is 19.6 Å². The number of aliphatic hydroxyl groups excluding tert-OH is 1. The fraction of sp³-hybridized carbons (Fsp3) is 0.455. The van der Waals surface area contributed by atoms with Gasteiger partial charge in [0.25, 0.3) is 12.4 Å². The molecule has 9 heteroatoms. The van der Waals surface area contributed by atoms with Crippen molar-refractivity contribution in [3.8, 4) is 0 Å². The van der Waals surface area contributed by atoms with E-state index < -0.39 is 17.2 Å². The van der Waals surface area contributed by atoms with Gasteiger partial charge in [-0.25, -0.2) is 0 Å². The molecule has 166 valence electrons. The van der Waals surface area contributed by atoms with E-state index in [1.807, 2.05) is 19.1 Å². The van der Waals surface area contributed by atoms with Crippen LogP contribution in [0.2, 0.25) is 0 Å². The molecule has 0 radical (unpaired) electrons. The third-order valence-corrected chi connectivity index (χ3v) is 6.05. The number of rotatable bonds is 3. The second-order valence-electron chi connectivity index (χ2n) is 7.95. The molecule has 0 saturated carbocycles. The lowest BCUT2D eigenvalue weighted by Gasteiger charge is -2.53. The smallest absolute Gasteiger partial charge is 0.290 e. The Balaban J connectivity index is 0.000000858. The lowest BCUT2D eigenvalue weighted by Crippen LogP contribution is -2.69. The average Bonchev–Trinajstić information content (AvgIpc) is 2.80. The fourth-order valence-electron chi connectivity index (χ4n) is 4.33. The van der Waals surface area contributed by atoms with Crippen molar-refractivity contribution >= 4 is 18.1 Å². The number of aliphatic hydroxyl groups is 1. The van der Waals surface area contributed by atoms with Crippen molar-refractivity contribution in [2.24, 2.45) is 0 Å². The van der Waals surface area contributed by atoms with Crippen molar-refractivity contribution in [2.75, 3.05) is 24.6 Å². The molecular formula is C22H28N4O5. The number of nitrogens with one attached hydrogen (secondary N) is 1. The molecule has 9 nitrogen and oxygen atoms in total. The molecular weight excluding hydrogens is 400 g/mol.